The molecular weight excluding hydrogens is 462 g/mol. The third-order valence-corrected chi connectivity index (χ3v) is 6.62. The van der Waals surface area contributed by atoms with Crippen LogP contribution in [0.4, 0.5) is 5.69 Å². The number of aryl methyl sites for hydroxylation is 2. The number of benzene rings is 2. The lowest BCUT2D eigenvalue weighted by molar-refractivity contribution is 0.102. The summed E-state index contributed by atoms with van der Waals surface area (Å²) in [5.41, 5.74) is 3.34. The molecule has 0 atom stereocenters. The minimum absolute atomic E-state index is 0.178. The van der Waals surface area contributed by atoms with Gasteiger partial charge < -0.3 is 19.6 Å². The Morgan fingerprint density at radius 2 is 2.11 bits per heavy atom. The van der Waals surface area contributed by atoms with E-state index in [4.69, 9.17) is 21.9 Å². The SMILES string of the molecule is COCCCn1c(=S)[nH]c2cc(C(=O)Nc3cccc(-c4cn5c(n4)CCCC5)c3)ccc2c1=O. The van der Waals surface area contributed by atoms with Crippen LogP contribution < -0.4 is 10.9 Å². The van der Waals surface area contributed by atoms with E-state index in [1.54, 1.807) is 25.3 Å². The first-order valence-electron chi connectivity index (χ1n) is 11.8. The lowest BCUT2D eigenvalue weighted by atomic mass is 10.1. The zero-order valence-electron chi connectivity index (χ0n) is 19.5. The number of ether oxygens (including phenoxy) is 1. The summed E-state index contributed by atoms with van der Waals surface area (Å²) < 4.78 is 9.13. The van der Waals surface area contributed by atoms with Gasteiger partial charge >= 0.3 is 0 Å². The third-order valence-electron chi connectivity index (χ3n) is 6.30. The number of aromatic amines is 1. The average molecular weight is 490 g/mol. The Hall–Kier alpha value is -3.56. The van der Waals surface area contributed by atoms with E-state index in [9.17, 15) is 9.59 Å². The standard InChI is InChI=1S/C26H27N5O3S/c1-34-13-5-12-31-25(33)20-10-9-18(15-21(20)29-26(31)35)24(32)27-19-7-4-6-17(14-19)22-16-30-11-3-2-8-23(30)28-22/h4,6-7,9-10,14-16H,2-3,5,8,11-13H2,1H3,(H,27,32)(H,29,35). The molecule has 2 aromatic carbocycles. The van der Waals surface area contributed by atoms with E-state index in [2.05, 4.69) is 21.1 Å². The maximum Gasteiger partial charge on any atom is 0.262 e. The van der Waals surface area contributed by atoms with Crippen LogP contribution in [0.15, 0.2) is 53.5 Å². The molecule has 8 nitrogen and oxygen atoms in total. The van der Waals surface area contributed by atoms with Crippen molar-refractivity contribution < 1.29 is 9.53 Å². The number of methoxy groups -OCH3 is 1. The van der Waals surface area contributed by atoms with Crippen LogP contribution in [0.2, 0.25) is 0 Å². The molecule has 0 saturated carbocycles. The first-order valence-corrected chi connectivity index (χ1v) is 12.2. The van der Waals surface area contributed by atoms with Gasteiger partial charge in [-0.2, -0.15) is 0 Å². The molecule has 1 aliphatic rings. The van der Waals surface area contributed by atoms with Crippen molar-refractivity contribution in [3.63, 3.8) is 0 Å². The molecule has 3 heterocycles. The van der Waals surface area contributed by atoms with Gasteiger partial charge in [0.2, 0.25) is 0 Å². The third kappa shape index (κ3) is 4.82. The van der Waals surface area contributed by atoms with Gasteiger partial charge in [0.1, 0.15) is 5.82 Å². The molecule has 0 spiro atoms. The van der Waals surface area contributed by atoms with Gasteiger partial charge in [-0.3, -0.25) is 14.2 Å². The smallest absolute Gasteiger partial charge is 0.262 e. The molecule has 0 fully saturated rings. The summed E-state index contributed by atoms with van der Waals surface area (Å²) in [5.74, 6) is 0.851. The fourth-order valence-corrected chi connectivity index (χ4v) is 4.76. The predicted molar refractivity (Wildman–Crippen MR) is 138 cm³/mol. The number of anilines is 1. The first-order chi connectivity index (χ1) is 17.0. The Morgan fingerprint density at radius 3 is 2.94 bits per heavy atom. The molecule has 1 aliphatic heterocycles. The summed E-state index contributed by atoms with van der Waals surface area (Å²) in [4.78, 5) is 33.8. The Morgan fingerprint density at radius 1 is 1.23 bits per heavy atom. The molecule has 5 rings (SSSR count). The summed E-state index contributed by atoms with van der Waals surface area (Å²) in [7, 11) is 1.62. The Balaban J connectivity index is 1.37. The second kappa shape index (κ2) is 9.97. The first kappa shape index (κ1) is 23.2. The van der Waals surface area contributed by atoms with Crippen molar-refractivity contribution in [2.24, 2.45) is 0 Å². The van der Waals surface area contributed by atoms with Crippen molar-refractivity contribution in [2.45, 2.75) is 38.8 Å². The minimum atomic E-state index is -0.267. The normalized spacial score (nSPS) is 13.1. The molecule has 0 radical (unpaired) electrons. The zero-order valence-corrected chi connectivity index (χ0v) is 20.4. The van der Waals surface area contributed by atoms with Gasteiger partial charge in [0.05, 0.1) is 16.6 Å². The summed E-state index contributed by atoms with van der Waals surface area (Å²) in [5, 5.41) is 3.44. The maximum atomic E-state index is 13.0. The maximum absolute atomic E-state index is 13.0. The number of amides is 1. The average Bonchev–Trinajstić information content (AvgIpc) is 3.30. The molecule has 180 valence electrons. The molecule has 0 bridgehead atoms. The number of hydrogen-bond acceptors (Lipinski definition) is 5. The summed E-state index contributed by atoms with van der Waals surface area (Å²) >= 11 is 5.38. The van der Waals surface area contributed by atoms with E-state index < -0.39 is 0 Å². The summed E-state index contributed by atoms with van der Waals surface area (Å²) in [6, 6.07) is 12.7. The molecule has 4 aromatic rings. The van der Waals surface area contributed by atoms with Gasteiger partial charge in [0.15, 0.2) is 4.77 Å². The van der Waals surface area contributed by atoms with Crippen LogP contribution in [0.25, 0.3) is 22.2 Å². The van der Waals surface area contributed by atoms with Crippen molar-refractivity contribution in [1.82, 2.24) is 19.1 Å². The second-order valence-electron chi connectivity index (χ2n) is 8.72. The lowest BCUT2D eigenvalue weighted by Gasteiger charge is -2.11. The van der Waals surface area contributed by atoms with Crippen LogP contribution >= 0.6 is 12.2 Å². The van der Waals surface area contributed by atoms with Crippen LogP contribution in [-0.2, 0) is 24.2 Å². The van der Waals surface area contributed by atoms with Gasteiger partial charge in [0.25, 0.3) is 11.5 Å². The molecule has 0 saturated heterocycles. The van der Waals surface area contributed by atoms with E-state index >= 15 is 0 Å². The fraction of sp³-hybridized carbons (Fsp3) is 0.308. The van der Waals surface area contributed by atoms with Gasteiger partial charge in [-0.1, -0.05) is 12.1 Å². The molecule has 1 amide bonds. The fourth-order valence-electron chi connectivity index (χ4n) is 4.48. The molecule has 0 aliphatic carbocycles. The van der Waals surface area contributed by atoms with Crippen molar-refractivity contribution >= 4 is 34.7 Å². The van der Waals surface area contributed by atoms with E-state index in [1.165, 1.54) is 17.4 Å². The monoisotopic (exact) mass is 489 g/mol. The number of imidazole rings is 1. The number of nitrogens with zero attached hydrogens (tertiary/aromatic N) is 3. The molecule has 2 aromatic heterocycles. The predicted octanol–water partition coefficient (Wildman–Crippen LogP) is 4.55. The molecule has 9 heteroatoms. The second-order valence-corrected chi connectivity index (χ2v) is 9.11. The highest BCUT2D eigenvalue weighted by Crippen LogP contribution is 2.25. The number of fused-ring (bicyclic) bond motifs is 2. The lowest BCUT2D eigenvalue weighted by Crippen LogP contribution is -2.23. The van der Waals surface area contributed by atoms with E-state index in [1.807, 2.05) is 24.3 Å². The van der Waals surface area contributed by atoms with E-state index in [0.717, 1.165) is 30.0 Å². The Kier molecular flexibility index (Phi) is 6.61. The molecule has 0 unspecified atom stereocenters. The van der Waals surface area contributed by atoms with Crippen LogP contribution in [0, 0.1) is 4.77 Å². The minimum Gasteiger partial charge on any atom is -0.385 e. The molecule has 35 heavy (non-hydrogen) atoms. The Bertz CT molecular complexity index is 1490. The quantitative estimate of drug-likeness (QED) is 0.293. The van der Waals surface area contributed by atoms with Crippen LogP contribution in [-0.4, -0.2) is 38.7 Å². The molecular formula is C26H27N5O3S. The largest absolute Gasteiger partial charge is 0.385 e. The van der Waals surface area contributed by atoms with Gasteiger partial charge in [-0.15, -0.1) is 0 Å². The van der Waals surface area contributed by atoms with Gasteiger partial charge in [-0.05, 0) is 61.8 Å². The highest BCUT2D eigenvalue weighted by atomic mass is 32.1. The van der Waals surface area contributed by atoms with Crippen molar-refractivity contribution in [1.29, 1.82) is 0 Å². The number of rotatable bonds is 7. The van der Waals surface area contributed by atoms with Crippen molar-refractivity contribution in [3.05, 3.63) is 75.2 Å². The van der Waals surface area contributed by atoms with Gasteiger partial charge in [-0.25, -0.2) is 4.98 Å². The van der Waals surface area contributed by atoms with Crippen LogP contribution in [0.5, 0.6) is 0 Å². The topological polar surface area (TPSA) is 93.9 Å². The number of hydrogen-bond donors (Lipinski definition) is 2. The molecule has 2 N–H and O–H groups in total. The summed E-state index contributed by atoms with van der Waals surface area (Å²) in [6.45, 7) is 2.01. The van der Waals surface area contributed by atoms with E-state index in [-0.39, 0.29) is 11.5 Å². The number of nitrogens with one attached hydrogen (secondary N) is 2. The highest BCUT2D eigenvalue weighted by molar-refractivity contribution is 7.71. The van der Waals surface area contributed by atoms with Crippen molar-refractivity contribution in [3.8, 4) is 11.3 Å². The summed E-state index contributed by atoms with van der Waals surface area (Å²) in [6.07, 6.45) is 6.12. The highest BCUT2D eigenvalue weighted by Gasteiger charge is 2.15. The Labute approximate surface area is 207 Å². The van der Waals surface area contributed by atoms with Crippen LogP contribution in [0.3, 0.4) is 0 Å². The number of H-pyrrole nitrogens is 1. The van der Waals surface area contributed by atoms with E-state index in [0.29, 0.717) is 46.5 Å². The van der Waals surface area contributed by atoms with Gasteiger partial charge in [0, 0.05) is 56.2 Å². The number of aromatic nitrogens is 4. The van der Waals surface area contributed by atoms with Crippen molar-refractivity contribution in [2.75, 3.05) is 19.0 Å². The number of carbonyl (C=O) groups is 1. The number of carbonyl (C=O) groups excluding carboxylic acids is 1. The van der Waals surface area contributed by atoms with Crippen LogP contribution in [0.1, 0.15) is 35.4 Å². The zero-order chi connectivity index (χ0) is 24.4.